The Bertz CT molecular complexity index is 1410. The lowest BCUT2D eigenvalue weighted by Crippen LogP contribution is -2.13. The molecule has 0 spiro atoms. The summed E-state index contributed by atoms with van der Waals surface area (Å²) >= 11 is 0. The number of hydrogen-bond acceptors (Lipinski definition) is 2. The number of nitrogens with zero attached hydrogens (tertiary/aromatic N) is 2. The van der Waals surface area contributed by atoms with E-state index in [4.69, 9.17) is 15.7 Å². The van der Waals surface area contributed by atoms with Gasteiger partial charge in [0, 0.05) is 34.1 Å². The van der Waals surface area contributed by atoms with Crippen molar-refractivity contribution in [2.24, 2.45) is 0 Å². The quantitative estimate of drug-likeness (QED) is 0.145. The Morgan fingerprint density at radius 3 is 0.881 bits per heavy atom. The highest BCUT2D eigenvalue weighted by molar-refractivity contribution is 6.32. The van der Waals surface area contributed by atoms with E-state index < -0.39 is 0 Å². The molecule has 0 bridgehead atoms. The first-order chi connectivity index (χ1) is 20.6. The van der Waals surface area contributed by atoms with Gasteiger partial charge in [0.05, 0.1) is 0 Å². The average Bonchev–Trinajstić information content (AvgIpc) is 3.03. The van der Waals surface area contributed by atoms with Gasteiger partial charge in [-0.1, -0.05) is 86.1 Å². The van der Waals surface area contributed by atoms with Crippen molar-refractivity contribution in [3.05, 3.63) is 132 Å². The molecule has 0 aromatic heterocycles. The number of aryl methyl sites for hydroxylation is 2. The third-order valence-electron chi connectivity index (χ3n) is 7.70. The van der Waals surface area contributed by atoms with Gasteiger partial charge in [0.25, 0.3) is 0 Å². The van der Waals surface area contributed by atoms with Crippen LogP contribution in [0.15, 0.2) is 121 Å². The minimum atomic E-state index is 0.754. The highest BCUT2D eigenvalue weighted by atomic mass is 15.2. The van der Waals surface area contributed by atoms with Gasteiger partial charge < -0.3 is 9.80 Å². The fraction of sp³-hybridized carbons (Fsp3) is 0.211. The van der Waals surface area contributed by atoms with Crippen LogP contribution in [0.5, 0.6) is 0 Å². The number of rotatable bonds is 12. The lowest BCUT2D eigenvalue weighted by atomic mass is 9.96. The summed E-state index contributed by atoms with van der Waals surface area (Å²) in [5, 5.41) is 0. The Balaban J connectivity index is 1.51. The smallest absolute Gasteiger partial charge is 0.113 e. The molecule has 4 radical (unpaired) electrons. The largest absolute Gasteiger partial charge is 0.311 e. The molecular weight excluding hydrogens is 506 g/mol. The highest BCUT2D eigenvalue weighted by Gasteiger charge is 2.16. The fourth-order valence-electron chi connectivity index (χ4n) is 5.28. The topological polar surface area (TPSA) is 6.48 Å². The van der Waals surface area contributed by atoms with Crippen LogP contribution in [-0.4, -0.2) is 15.7 Å². The second-order valence-electron chi connectivity index (χ2n) is 10.9. The number of benzene rings is 5. The predicted octanol–water partition coefficient (Wildman–Crippen LogP) is 8.90. The van der Waals surface area contributed by atoms with Crippen LogP contribution < -0.4 is 20.7 Å². The van der Waals surface area contributed by atoms with Gasteiger partial charge in [-0.05, 0) is 110 Å². The van der Waals surface area contributed by atoms with E-state index in [0.29, 0.717) is 0 Å². The van der Waals surface area contributed by atoms with E-state index in [2.05, 4.69) is 121 Å². The Kier molecular flexibility index (Phi) is 9.87. The second-order valence-corrected chi connectivity index (χ2v) is 10.9. The molecule has 0 atom stereocenters. The minimum Gasteiger partial charge on any atom is -0.311 e. The van der Waals surface area contributed by atoms with Crippen molar-refractivity contribution in [3.8, 4) is 0 Å². The second kappa shape index (κ2) is 14.1. The van der Waals surface area contributed by atoms with Crippen LogP contribution >= 0.6 is 0 Å². The van der Waals surface area contributed by atoms with Gasteiger partial charge in [-0.25, -0.2) is 0 Å². The number of anilines is 6. The third-order valence-corrected chi connectivity index (χ3v) is 7.70. The van der Waals surface area contributed by atoms with Crippen LogP contribution in [-0.2, 0) is 12.8 Å². The van der Waals surface area contributed by atoms with Gasteiger partial charge >= 0.3 is 0 Å². The van der Waals surface area contributed by atoms with E-state index in [9.17, 15) is 0 Å². The highest BCUT2D eigenvalue weighted by Crippen LogP contribution is 2.38. The van der Waals surface area contributed by atoms with Gasteiger partial charge in [0.15, 0.2) is 0 Å². The maximum atomic E-state index is 6.04. The molecule has 0 saturated carbocycles. The molecule has 42 heavy (non-hydrogen) atoms. The molecule has 4 heteroatoms. The lowest BCUT2D eigenvalue weighted by Gasteiger charge is -2.28. The molecule has 0 amide bonds. The molecule has 0 heterocycles. The van der Waals surface area contributed by atoms with Crippen molar-refractivity contribution in [1.82, 2.24) is 0 Å². The van der Waals surface area contributed by atoms with Crippen molar-refractivity contribution in [2.45, 2.75) is 52.4 Å². The van der Waals surface area contributed by atoms with E-state index in [-0.39, 0.29) is 0 Å². The normalized spacial score (nSPS) is 10.9. The van der Waals surface area contributed by atoms with Gasteiger partial charge in [-0.2, -0.15) is 0 Å². The molecule has 0 unspecified atom stereocenters. The van der Waals surface area contributed by atoms with E-state index in [1.807, 2.05) is 24.3 Å². The number of unbranched alkanes of at least 4 members (excludes halogenated alkanes) is 2. The van der Waals surface area contributed by atoms with E-state index in [1.54, 1.807) is 0 Å². The SMILES string of the molecule is [B]c1ccc(N(c2ccc(CCCC)cc2)c2ccc(N(c3ccc([B])cc3)c3ccc(CCCC)cc3)cc2)cc1. The van der Waals surface area contributed by atoms with Gasteiger partial charge in [0.2, 0.25) is 0 Å². The first-order valence-electron chi connectivity index (χ1n) is 15.1. The van der Waals surface area contributed by atoms with Crippen molar-refractivity contribution in [3.63, 3.8) is 0 Å². The molecule has 5 aromatic carbocycles. The van der Waals surface area contributed by atoms with E-state index >= 15 is 0 Å². The summed E-state index contributed by atoms with van der Waals surface area (Å²) in [5.74, 6) is 0. The van der Waals surface area contributed by atoms with Crippen LogP contribution in [0.2, 0.25) is 0 Å². The molecule has 0 saturated heterocycles. The summed E-state index contributed by atoms with van der Waals surface area (Å²) < 4.78 is 0. The summed E-state index contributed by atoms with van der Waals surface area (Å²) in [4.78, 5) is 4.56. The Hall–Kier alpha value is -4.17. The van der Waals surface area contributed by atoms with Gasteiger partial charge in [-0.15, -0.1) is 0 Å². The zero-order chi connectivity index (χ0) is 29.3. The first kappa shape index (κ1) is 29.3. The third kappa shape index (κ3) is 7.18. The summed E-state index contributed by atoms with van der Waals surface area (Å²) in [6.07, 6.45) is 7.01. The maximum absolute atomic E-state index is 6.04. The molecule has 0 N–H and O–H groups in total. The van der Waals surface area contributed by atoms with Crippen LogP contribution in [0.25, 0.3) is 0 Å². The van der Waals surface area contributed by atoms with Crippen LogP contribution in [0.1, 0.15) is 50.7 Å². The van der Waals surface area contributed by atoms with Crippen LogP contribution in [0.4, 0.5) is 34.1 Å². The van der Waals surface area contributed by atoms with E-state index in [1.165, 1.54) is 36.8 Å². The summed E-state index contributed by atoms with van der Waals surface area (Å²) in [6.45, 7) is 4.47. The Morgan fingerprint density at radius 1 is 0.381 bits per heavy atom. The molecule has 0 aliphatic rings. The van der Waals surface area contributed by atoms with Gasteiger partial charge in [-0.3, -0.25) is 0 Å². The molecule has 206 valence electrons. The molecule has 0 aliphatic carbocycles. The Morgan fingerprint density at radius 2 is 0.619 bits per heavy atom. The van der Waals surface area contributed by atoms with Gasteiger partial charge in [0.1, 0.15) is 15.7 Å². The predicted molar refractivity (Wildman–Crippen MR) is 184 cm³/mol. The zero-order valence-electron chi connectivity index (χ0n) is 24.8. The molecule has 0 fully saturated rings. The summed E-state index contributed by atoms with van der Waals surface area (Å²) in [6, 6.07) is 42.8. The first-order valence-corrected chi connectivity index (χ1v) is 15.1. The average molecular weight is 544 g/mol. The van der Waals surface area contributed by atoms with Crippen molar-refractivity contribution >= 4 is 60.7 Å². The van der Waals surface area contributed by atoms with Crippen molar-refractivity contribution in [1.29, 1.82) is 0 Å². The monoisotopic (exact) mass is 544 g/mol. The number of hydrogen-bond donors (Lipinski definition) is 0. The molecule has 5 rings (SSSR count). The lowest BCUT2D eigenvalue weighted by molar-refractivity contribution is 0.795. The molecule has 0 aliphatic heterocycles. The Labute approximate surface area is 254 Å². The summed E-state index contributed by atoms with van der Waals surface area (Å²) in [7, 11) is 12.1. The zero-order valence-corrected chi connectivity index (χ0v) is 24.8. The minimum absolute atomic E-state index is 0.754. The molecule has 2 nitrogen and oxygen atoms in total. The summed E-state index contributed by atoms with van der Waals surface area (Å²) in [5.41, 5.74) is 10.8. The molecular formula is C38H38B2N2. The standard InChI is InChI=1S/C38H38B2N2/c1-3-5-7-29-9-17-33(18-10-29)41(35-21-13-31(39)14-22-35)37-25-27-38(28-26-37)42(36-23-15-32(40)16-24-36)34-19-11-30(12-20-34)8-6-4-2/h9-28H,3-8H2,1-2H3. The molecule has 5 aromatic rings. The van der Waals surface area contributed by atoms with Crippen molar-refractivity contribution in [2.75, 3.05) is 9.80 Å². The van der Waals surface area contributed by atoms with Crippen molar-refractivity contribution < 1.29 is 0 Å². The van der Waals surface area contributed by atoms with Crippen LogP contribution in [0, 0.1) is 0 Å². The maximum Gasteiger partial charge on any atom is 0.113 e. The fourth-order valence-corrected chi connectivity index (χ4v) is 5.28. The van der Waals surface area contributed by atoms with E-state index in [0.717, 1.165) is 57.9 Å². The van der Waals surface area contributed by atoms with Crippen LogP contribution in [0.3, 0.4) is 0 Å².